The summed E-state index contributed by atoms with van der Waals surface area (Å²) in [4.78, 5) is 31.3. The van der Waals surface area contributed by atoms with Gasteiger partial charge in [-0.3, -0.25) is 4.79 Å². The number of aliphatic hydroxyl groups excluding tert-OH is 1. The van der Waals surface area contributed by atoms with E-state index < -0.39 is 29.8 Å². The molecular formula is C8H11NO6. The van der Waals surface area contributed by atoms with Crippen LogP contribution in [0.25, 0.3) is 0 Å². The molecule has 0 saturated carbocycles. The summed E-state index contributed by atoms with van der Waals surface area (Å²) in [6, 6.07) is 0. The van der Waals surface area contributed by atoms with Crippen LogP contribution in [-0.2, 0) is 14.3 Å². The van der Waals surface area contributed by atoms with E-state index in [-0.39, 0.29) is 13.0 Å². The van der Waals surface area contributed by atoms with Crippen LogP contribution in [-0.4, -0.2) is 28.8 Å². The van der Waals surface area contributed by atoms with E-state index >= 15 is 0 Å². The molecule has 0 radical (unpaired) electrons. The average Bonchev–Trinajstić information content (AvgIpc) is 2.16. The second-order valence-corrected chi connectivity index (χ2v) is 2.50. The van der Waals surface area contributed by atoms with Crippen LogP contribution in [0.3, 0.4) is 0 Å². The van der Waals surface area contributed by atoms with E-state index in [1.807, 2.05) is 0 Å². The average molecular weight is 217 g/mol. The lowest BCUT2D eigenvalue weighted by Crippen LogP contribution is -2.09. The summed E-state index contributed by atoms with van der Waals surface area (Å²) >= 11 is 0. The first-order valence-electron chi connectivity index (χ1n) is 4.17. The highest BCUT2D eigenvalue weighted by atomic mass is 16.5. The number of ether oxygens (including phenoxy) is 1. The van der Waals surface area contributed by atoms with Crippen molar-refractivity contribution in [3.05, 3.63) is 16.4 Å². The van der Waals surface area contributed by atoms with Crippen molar-refractivity contribution >= 4 is 11.9 Å². The quantitative estimate of drug-likeness (QED) is 0.296. The maximum absolute atomic E-state index is 11.0. The van der Waals surface area contributed by atoms with Crippen molar-refractivity contribution in [2.75, 3.05) is 6.61 Å². The molecule has 0 aromatic heterocycles. The Morgan fingerprint density at radius 1 is 1.27 bits per heavy atom. The summed E-state index contributed by atoms with van der Waals surface area (Å²) in [7, 11) is 0. The number of esters is 1. The molecule has 7 heteroatoms. The van der Waals surface area contributed by atoms with E-state index in [1.165, 1.54) is 6.92 Å². The van der Waals surface area contributed by atoms with Crippen LogP contribution in [0.15, 0.2) is 16.6 Å². The van der Waals surface area contributed by atoms with E-state index in [0.29, 0.717) is 0 Å². The number of aliphatic hydroxyl groups is 1. The van der Waals surface area contributed by atoms with Gasteiger partial charge >= 0.3 is 11.9 Å². The van der Waals surface area contributed by atoms with Gasteiger partial charge in [0.05, 0.1) is 13.0 Å². The molecule has 0 aromatic rings. The summed E-state index contributed by atoms with van der Waals surface area (Å²) in [5, 5.41) is 19.8. The summed E-state index contributed by atoms with van der Waals surface area (Å²) < 4.78 is 4.42. The van der Waals surface area contributed by atoms with Gasteiger partial charge in [0.1, 0.15) is 5.76 Å². The third-order valence-electron chi connectivity index (χ3n) is 1.41. The van der Waals surface area contributed by atoms with Crippen molar-refractivity contribution in [3.8, 4) is 0 Å². The Bertz CT molecular complexity index is 296. The number of hydrogen-bond donors (Lipinski definition) is 2. The maximum Gasteiger partial charge on any atom is 0.364 e. The first kappa shape index (κ1) is 13.1. The number of hydrogen-bond acceptors (Lipinski definition) is 6. The summed E-state index contributed by atoms with van der Waals surface area (Å²) in [5.74, 6) is -2.89. The minimum atomic E-state index is -1.16. The first-order valence-corrected chi connectivity index (χ1v) is 4.17. The molecule has 0 bridgehead atoms. The Kier molecular flexibility index (Phi) is 5.69. The fourth-order valence-corrected chi connectivity index (χ4v) is 0.751. The molecule has 0 spiro atoms. The molecule has 0 aliphatic heterocycles. The summed E-state index contributed by atoms with van der Waals surface area (Å²) in [5.41, 5.74) is -0.780. The van der Waals surface area contributed by atoms with Gasteiger partial charge in [-0.05, 0) is 12.1 Å². The smallest absolute Gasteiger partial charge is 0.364 e. The summed E-state index contributed by atoms with van der Waals surface area (Å²) in [6.07, 6.45) is -0.737. The lowest BCUT2D eigenvalue weighted by atomic mass is 10.2. The van der Waals surface area contributed by atoms with Crippen molar-refractivity contribution < 1.29 is 24.5 Å². The third-order valence-corrected chi connectivity index (χ3v) is 1.41. The number of nitrogens with zero attached hydrogens (tertiary/aromatic N) is 1. The Morgan fingerprint density at radius 3 is 2.27 bits per heavy atom. The monoisotopic (exact) mass is 217 g/mol. The van der Waals surface area contributed by atoms with Gasteiger partial charge < -0.3 is 14.9 Å². The van der Waals surface area contributed by atoms with Crippen molar-refractivity contribution in [2.45, 2.75) is 19.8 Å². The van der Waals surface area contributed by atoms with Gasteiger partial charge in [-0.25, -0.2) is 4.79 Å². The van der Waals surface area contributed by atoms with Crippen LogP contribution in [0.1, 0.15) is 19.8 Å². The molecule has 0 aliphatic carbocycles. The van der Waals surface area contributed by atoms with Gasteiger partial charge in [-0.2, -0.15) is 0 Å². The number of rotatable bonds is 6. The molecule has 0 heterocycles. The number of aliphatic carboxylic acids is 1. The molecule has 15 heavy (non-hydrogen) atoms. The van der Waals surface area contributed by atoms with E-state index in [0.717, 1.165) is 0 Å². The number of carbonyl (C=O) groups is 2. The number of nitroso groups, excluding NO2 is 1. The Morgan fingerprint density at radius 2 is 1.87 bits per heavy atom. The van der Waals surface area contributed by atoms with Crippen LogP contribution < -0.4 is 0 Å². The van der Waals surface area contributed by atoms with E-state index in [1.54, 1.807) is 0 Å². The van der Waals surface area contributed by atoms with Gasteiger partial charge in [-0.1, -0.05) is 0 Å². The molecule has 0 saturated heterocycles. The SMILES string of the molecule is CCOC(=O)C(N=O)=C(O)CCC(=O)O. The molecule has 0 rings (SSSR count). The van der Waals surface area contributed by atoms with Crippen molar-refractivity contribution in [2.24, 2.45) is 5.18 Å². The van der Waals surface area contributed by atoms with Gasteiger partial charge in [0, 0.05) is 6.42 Å². The molecule has 0 amide bonds. The Balaban J connectivity index is 4.58. The van der Waals surface area contributed by atoms with Gasteiger partial charge in [0.2, 0.25) is 5.70 Å². The zero-order chi connectivity index (χ0) is 11.8. The van der Waals surface area contributed by atoms with E-state index in [9.17, 15) is 19.6 Å². The van der Waals surface area contributed by atoms with Crippen LogP contribution in [0.5, 0.6) is 0 Å². The fraction of sp³-hybridized carbons (Fsp3) is 0.500. The molecule has 0 atom stereocenters. The number of carboxylic acid groups (broad SMARTS) is 1. The first-order chi connectivity index (χ1) is 7.02. The molecule has 0 fully saturated rings. The lowest BCUT2D eigenvalue weighted by Gasteiger charge is -2.02. The predicted octanol–water partition coefficient (Wildman–Crippen LogP) is 0.950. The number of allylic oxidation sites excluding steroid dienone is 1. The third kappa shape index (κ3) is 4.75. The van der Waals surface area contributed by atoms with Crippen LogP contribution in [0.4, 0.5) is 0 Å². The van der Waals surface area contributed by atoms with Gasteiger partial charge in [0.15, 0.2) is 0 Å². The minimum absolute atomic E-state index is 0.0318. The fourth-order valence-electron chi connectivity index (χ4n) is 0.751. The Hall–Kier alpha value is -1.92. The zero-order valence-corrected chi connectivity index (χ0v) is 8.10. The van der Waals surface area contributed by atoms with Crippen molar-refractivity contribution in [3.63, 3.8) is 0 Å². The highest BCUT2D eigenvalue weighted by Crippen LogP contribution is 2.11. The molecule has 7 nitrogen and oxygen atoms in total. The van der Waals surface area contributed by atoms with Crippen molar-refractivity contribution in [1.29, 1.82) is 0 Å². The Labute approximate surface area is 85.3 Å². The lowest BCUT2D eigenvalue weighted by molar-refractivity contribution is -0.139. The maximum atomic E-state index is 11.0. The highest BCUT2D eigenvalue weighted by Gasteiger charge is 2.18. The van der Waals surface area contributed by atoms with Crippen LogP contribution in [0.2, 0.25) is 0 Å². The number of carboxylic acids is 1. The number of carbonyl (C=O) groups excluding carboxylic acids is 1. The molecule has 84 valence electrons. The standard InChI is InChI=1S/C8H11NO6/c1-2-15-8(13)7(9-14)5(10)3-4-6(11)12/h10H,2-4H2,1H3,(H,11,12). The van der Waals surface area contributed by atoms with Crippen molar-refractivity contribution in [1.82, 2.24) is 0 Å². The molecular weight excluding hydrogens is 206 g/mol. The molecule has 2 N–H and O–H groups in total. The largest absolute Gasteiger partial charge is 0.510 e. The second kappa shape index (κ2) is 6.52. The second-order valence-electron chi connectivity index (χ2n) is 2.50. The molecule has 0 unspecified atom stereocenters. The van der Waals surface area contributed by atoms with Crippen LogP contribution in [0, 0.1) is 4.91 Å². The van der Waals surface area contributed by atoms with E-state index in [4.69, 9.17) is 5.11 Å². The zero-order valence-electron chi connectivity index (χ0n) is 8.10. The predicted molar refractivity (Wildman–Crippen MR) is 49.0 cm³/mol. The summed E-state index contributed by atoms with van der Waals surface area (Å²) in [6.45, 7) is 1.55. The van der Waals surface area contributed by atoms with Gasteiger partial charge in [-0.15, -0.1) is 4.91 Å². The van der Waals surface area contributed by atoms with Gasteiger partial charge in [0.25, 0.3) is 0 Å². The topological polar surface area (TPSA) is 113 Å². The molecule has 0 aliphatic rings. The van der Waals surface area contributed by atoms with Crippen LogP contribution >= 0.6 is 0 Å². The normalized spacial score (nSPS) is 11.5. The molecule has 0 aromatic carbocycles. The minimum Gasteiger partial charge on any atom is -0.510 e. The highest BCUT2D eigenvalue weighted by molar-refractivity contribution is 5.88. The van der Waals surface area contributed by atoms with E-state index in [2.05, 4.69) is 9.91 Å².